The van der Waals surface area contributed by atoms with Crippen molar-refractivity contribution >= 4 is 27.1 Å². The molecule has 1 aliphatic carbocycles. The first kappa shape index (κ1) is 20.7. The molecular formula is C18H26N4O5S. The van der Waals surface area contributed by atoms with Crippen molar-refractivity contribution in [3.8, 4) is 0 Å². The molecule has 0 amide bonds. The Morgan fingerprint density at radius 1 is 1.25 bits per heavy atom. The molecule has 1 saturated carbocycles. The summed E-state index contributed by atoms with van der Waals surface area (Å²) < 4.78 is 32.7. The molecule has 0 atom stereocenters. The maximum absolute atomic E-state index is 13.1. The minimum atomic E-state index is -3.90. The number of hydrogen-bond donors (Lipinski definition) is 1. The SMILES string of the molecule is C/C(=N\Nc1ccc([N+](=O)[O-])cc1S(=O)(=O)N1CCOCC1)C1CCCCC1. The average molecular weight is 410 g/mol. The third kappa shape index (κ3) is 4.68. The van der Waals surface area contributed by atoms with Gasteiger partial charge in [0.05, 0.1) is 23.8 Å². The molecule has 0 radical (unpaired) electrons. The van der Waals surface area contributed by atoms with Crippen LogP contribution in [0.1, 0.15) is 39.0 Å². The van der Waals surface area contributed by atoms with Crippen LogP contribution in [0.3, 0.4) is 0 Å². The second kappa shape index (κ2) is 8.97. The number of non-ortho nitro benzene ring substituents is 1. The molecule has 2 fully saturated rings. The summed E-state index contributed by atoms with van der Waals surface area (Å²) in [7, 11) is -3.90. The molecule has 0 unspecified atom stereocenters. The van der Waals surface area contributed by atoms with Crippen molar-refractivity contribution in [3.05, 3.63) is 28.3 Å². The van der Waals surface area contributed by atoms with Gasteiger partial charge in [-0.05, 0) is 31.7 Å². The fourth-order valence-electron chi connectivity index (χ4n) is 3.62. The molecule has 1 aromatic rings. The van der Waals surface area contributed by atoms with Crippen LogP contribution in [0.25, 0.3) is 0 Å². The fourth-order valence-corrected chi connectivity index (χ4v) is 5.19. The minimum absolute atomic E-state index is 0.135. The second-order valence-corrected chi connectivity index (χ2v) is 9.06. The van der Waals surface area contributed by atoms with Gasteiger partial charge in [0.25, 0.3) is 5.69 Å². The first-order valence-corrected chi connectivity index (χ1v) is 11.0. The van der Waals surface area contributed by atoms with Gasteiger partial charge < -0.3 is 4.74 Å². The van der Waals surface area contributed by atoms with Crippen LogP contribution in [0.15, 0.2) is 28.2 Å². The van der Waals surface area contributed by atoms with Crippen molar-refractivity contribution in [1.29, 1.82) is 0 Å². The van der Waals surface area contributed by atoms with Crippen LogP contribution < -0.4 is 5.43 Å². The predicted molar refractivity (Wildman–Crippen MR) is 106 cm³/mol. The van der Waals surface area contributed by atoms with Gasteiger partial charge in [-0.25, -0.2) is 8.42 Å². The number of hydrazone groups is 1. The van der Waals surface area contributed by atoms with Crippen LogP contribution in [0.4, 0.5) is 11.4 Å². The first-order chi connectivity index (χ1) is 13.4. The zero-order valence-electron chi connectivity index (χ0n) is 16.0. The summed E-state index contributed by atoms with van der Waals surface area (Å²) in [5.74, 6) is 0.388. The van der Waals surface area contributed by atoms with Gasteiger partial charge in [-0.2, -0.15) is 9.41 Å². The van der Waals surface area contributed by atoms with E-state index in [1.165, 1.54) is 35.7 Å². The summed E-state index contributed by atoms with van der Waals surface area (Å²) in [6.45, 7) is 2.97. The summed E-state index contributed by atoms with van der Waals surface area (Å²) in [6, 6.07) is 3.79. The molecule has 1 heterocycles. The summed E-state index contributed by atoms with van der Waals surface area (Å²) in [4.78, 5) is 10.4. The third-order valence-corrected chi connectivity index (χ3v) is 7.25. The maximum Gasteiger partial charge on any atom is 0.270 e. The van der Waals surface area contributed by atoms with Gasteiger partial charge in [-0.1, -0.05) is 19.3 Å². The summed E-state index contributed by atoms with van der Waals surface area (Å²) in [6.07, 6.45) is 5.74. The van der Waals surface area contributed by atoms with Crippen LogP contribution in [-0.2, 0) is 14.8 Å². The average Bonchev–Trinajstić information content (AvgIpc) is 2.73. The molecule has 9 nitrogen and oxygen atoms in total. The summed E-state index contributed by atoms with van der Waals surface area (Å²) in [5.41, 5.74) is 3.74. The van der Waals surface area contributed by atoms with Crippen molar-refractivity contribution in [2.24, 2.45) is 11.0 Å². The standard InChI is InChI=1S/C18H26N4O5S/c1-14(15-5-3-2-4-6-15)19-20-17-8-7-16(22(23)24)13-18(17)28(25,26)21-9-11-27-12-10-21/h7-8,13,15,20H,2-6,9-12H2,1H3/b19-14+. The van der Waals surface area contributed by atoms with E-state index >= 15 is 0 Å². The molecule has 3 rings (SSSR count). The van der Waals surface area contributed by atoms with E-state index in [9.17, 15) is 18.5 Å². The van der Waals surface area contributed by atoms with Crippen molar-refractivity contribution in [1.82, 2.24) is 4.31 Å². The number of nitro groups is 1. The van der Waals surface area contributed by atoms with E-state index in [0.717, 1.165) is 24.6 Å². The number of ether oxygens (including phenoxy) is 1. The van der Waals surface area contributed by atoms with E-state index in [0.29, 0.717) is 19.1 Å². The quantitative estimate of drug-likeness (QED) is 0.438. The van der Waals surface area contributed by atoms with Crippen LogP contribution >= 0.6 is 0 Å². The van der Waals surface area contributed by atoms with Crippen molar-refractivity contribution in [2.45, 2.75) is 43.9 Å². The highest BCUT2D eigenvalue weighted by atomic mass is 32.2. The Kier molecular flexibility index (Phi) is 6.63. The number of hydrogen-bond acceptors (Lipinski definition) is 7. The number of nitro benzene ring substituents is 1. The van der Waals surface area contributed by atoms with Crippen LogP contribution in [0.5, 0.6) is 0 Å². The predicted octanol–water partition coefficient (Wildman–Crippen LogP) is 2.98. The molecule has 0 aromatic heterocycles. The lowest BCUT2D eigenvalue weighted by Gasteiger charge is -2.26. The topological polar surface area (TPSA) is 114 Å². The Hall–Kier alpha value is -2.04. The van der Waals surface area contributed by atoms with E-state index in [2.05, 4.69) is 10.5 Å². The van der Waals surface area contributed by atoms with Crippen LogP contribution in [0.2, 0.25) is 0 Å². The van der Waals surface area contributed by atoms with Gasteiger partial charge in [0.15, 0.2) is 0 Å². The van der Waals surface area contributed by atoms with Crippen molar-refractivity contribution < 1.29 is 18.1 Å². The van der Waals surface area contributed by atoms with E-state index in [1.807, 2.05) is 6.92 Å². The Bertz CT molecular complexity index is 844. The largest absolute Gasteiger partial charge is 0.379 e. The summed E-state index contributed by atoms with van der Waals surface area (Å²) in [5, 5.41) is 15.6. The highest BCUT2D eigenvalue weighted by Crippen LogP contribution is 2.30. The zero-order valence-corrected chi connectivity index (χ0v) is 16.8. The Morgan fingerprint density at radius 3 is 2.57 bits per heavy atom. The van der Waals surface area contributed by atoms with Gasteiger partial charge >= 0.3 is 0 Å². The molecule has 0 bridgehead atoms. The van der Waals surface area contributed by atoms with E-state index in [1.54, 1.807) is 0 Å². The lowest BCUT2D eigenvalue weighted by Crippen LogP contribution is -2.40. The van der Waals surface area contributed by atoms with Crippen molar-refractivity contribution in [3.63, 3.8) is 0 Å². The molecule has 2 aliphatic rings. The van der Waals surface area contributed by atoms with E-state index in [-0.39, 0.29) is 29.4 Å². The number of nitrogens with zero attached hydrogens (tertiary/aromatic N) is 3. The zero-order chi connectivity index (χ0) is 20.1. The van der Waals surface area contributed by atoms with Gasteiger partial charge in [0, 0.05) is 30.9 Å². The second-order valence-electron chi connectivity index (χ2n) is 7.15. The third-order valence-electron chi connectivity index (χ3n) is 5.31. The molecule has 28 heavy (non-hydrogen) atoms. The van der Waals surface area contributed by atoms with Crippen LogP contribution in [0, 0.1) is 16.0 Å². The molecule has 1 N–H and O–H groups in total. The van der Waals surface area contributed by atoms with Gasteiger partial charge in [-0.15, -0.1) is 0 Å². The number of nitrogens with one attached hydrogen (secondary N) is 1. The Morgan fingerprint density at radius 2 is 1.93 bits per heavy atom. The number of anilines is 1. The first-order valence-electron chi connectivity index (χ1n) is 9.56. The molecule has 1 aliphatic heterocycles. The van der Waals surface area contributed by atoms with E-state index < -0.39 is 14.9 Å². The van der Waals surface area contributed by atoms with Gasteiger partial charge in [-0.3, -0.25) is 15.5 Å². The summed E-state index contributed by atoms with van der Waals surface area (Å²) >= 11 is 0. The molecule has 1 saturated heterocycles. The fraction of sp³-hybridized carbons (Fsp3) is 0.611. The lowest BCUT2D eigenvalue weighted by molar-refractivity contribution is -0.385. The number of sulfonamides is 1. The monoisotopic (exact) mass is 410 g/mol. The minimum Gasteiger partial charge on any atom is -0.379 e. The van der Waals surface area contributed by atoms with Crippen molar-refractivity contribution in [2.75, 3.05) is 31.7 Å². The molecule has 154 valence electrons. The van der Waals surface area contributed by atoms with Gasteiger partial charge in [0.2, 0.25) is 10.0 Å². The Balaban J connectivity index is 1.90. The molecular weight excluding hydrogens is 384 g/mol. The molecule has 1 aromatic carbocycles. The maximum atomic E-state index is 13.1. The number of morpholine rings is 1. The highest BCUT2D eigenvalue weighted by Gasteiger charge is 2.30. The number of benzene rings is 1. The smallest absolute Gasteiger partial charge is 0.270 e. The Labute approximate surface area is 165 Å². The normalized spacial score (nSPS) is 20.1. The van der Waals surface area contributed by atoms with Gasteiger partial charge in [0.1, 0.15) is 4.90 Å². The molecule has 0 spiro atoms. The lowest BCUT2D eigenvalue weighted by atomic mass is 9.86. The molecule has 10 heteroatoms. The highest BCUT2D eigenvalue weighted by molar-refractivity contribution is 7.89. The van der Waals surface area contributed by atoms with E-state index in [4.69, 9.17) is 4.74 Å². The number of rotatable bonds is 6. The van der Waals surface area contributed by atoms with Crippen LogP contribution in [-0.4, -0.2) is 49.7 Å².